The van der Waals surface area contributed by atoms with Gasteiger partial charge in [0.15, 0.2) is 0 Å². The van der Waals surface area contributed by atoms with E-state index < -0.39 is 0 Å². The number of hydrogen-bond donors (Lipinski definition) is 2. The van der Waals surface area contributed by atoms with Crippen LogP contribution < -0.4 is 11.1 Å². The Morgan fingerprint density at radius 1 is 1.56 bits per heavy atom. The van der Waals surface area contributed by atoms with E-state index in [4.69, 9.17) is 5.73 Å². The van der Waals surface area contributed by atoms with E-state index in [0.29, 0.717) is 6.54 Å². The average Bonchev–Trinajstić information content (AvgIpc) is 2.69. The molecule has 1 aromatic rings. The highest BCUT2D eigenvalue weighted by Gasteiger charge is 2.16. The monoisotopic (exact) mass is 223 g/mol. The Bertz CT molecular complexity index is 387. The van der Waals surface area contributed by atoms with Gasteiger partial charge in [0.05, 0.1) is 12.6 Å². The zero-order valence-electron chi connectivity index (χ0n) is 9.44. The predicted octanol–water partition coefficient (Wildman–Crippen LogP) is -0.422. The Labute approximate surface area is 94.2 Å². The van der Waals surface area contributed by atoms with Crippen LogP contribution in [0.5, 0.6) is 0 Å². The summed E-state index contributed by atoms with van der Waals surface area (Å²) >= 11 is 0. The molecule has 2 heterocycles. The van der Waals surface area contributed by atoms with Crippen molar-refractivity contribution in [3.05, 3.63) is 11.6 Å². The highest BCUT2D eigenvalue weighted by atomic mass is 16.1. The Morgan fingerprint density at radius 2 is 2.38 bits per heavy atom. The number of nitrogens with one attached hydrogen (secondary N) is 1. The fourth-order valence-electron chi connectivity index (χ4n) is 1.84. The van der Waals surface area contributed by atoms with E-state index in [1.807, 2.05) is 0 Å². The molecule has 88 valence electrons. The number of aryl methyl sites for hydroxylation is 1. The van der Waals surface area contributed by atoms with Gasteiger partial charge in [0, 0.05) is 13.0 Å². The second-order valence-electron chi connectivity index (χ2n) is 4.15. The van der Waals surface area contributed by atoms with Crippen LogP contribution in [0.25, 0.3) is 0 Å². The van der Waals surface area contributed by atoms with E-state index >= 15 is 0 Å². The second kappa shape index (κ2) is 4.61. The fourth-order valence-corrected chi connectivity index (χ4v) is 1.84. The predicted molar refractivity (Wildman–Crippen MR) is 58.5 cm³/mol. The smallest absolute Gasteiger partial charge is 0.234 e. The van der Waals surface area contributed by atoms with E-state index in [1.54, 1.807) is 6.92 Å². The first-order valence-electron chi connectivity index (χ1n) is 5.62. The molecule has 1 aliphatic heterocycles. The highest BCUT2D eigenvalue weighted by molar-refractivity contribution is 5.79. The Hall–Kier alpha value is -1.43. The molecule has 0 fully saturated rings. The lowest BCUT2D eigenvalue weighted by molar-refractivity contribution is -0.119. The molecule has 1 aromatic heterocycles. The molecule has 0 saturated carbocycles. The van der Waals surface area contributed by atoms with E-state index in [9.17, 15) is 4.79 Å². The summed E-state index contributed by atoms with van der Waals surface area (Å²) in [6, 6.07) is -0.337. The summed E-state index contributed by atoms with van der Waals surface area (Å²) in [5.41, 5.74) is 5.17. The molecule has 1 amide bonds. The maximum atomic E-state index is 10.9. The van der Waals surface area contributed by atoms with Gasteiger partial charge in [-0.1, -0.05) is 0 Å². The van der Waals surface area contributed by atoms with Crippen LogP contribution in [0.15, 0.2) is 0 Å². The molecule has 6 heteroatoms. The van der Waals surface area contributed by atoms with E-state index in [-0.39, 0.29) is 11.9 Å². The average molecular weight is 223 g/mol. The lowest BCUT2D eigenvalue weighted by atomic mass is 10.2. The van der Waals surface area contributed by atoms with Crippen molar-refractivity contribution in [3.8, 4) is 0 Å². The fraction of sp³-hybridized carbons (Fsp3) is 0.700. The van der Waals surface area contributed by atoms with Crippen molar-refractivity contribution in [2.45, 2.75) is 45.3 Å². The van der Waals surface area contributed by atoms with Gasteiger partial charge in [0.2, 0.25) is 5.91 Å². The number of aromatic nitrogens is 3. The van der Waals surface area contributed by atoms with Crippen LogP contribution in [0.2, 0.25) is 0 Å². The van der Waals surface area contributed by atoms with Gasteiger partial charge >= 0.3 is 0 Å². The molecule has 16 heavy (non-hydrogen) atoms. The van der Waals surface area contributed by atoms with Crippen molar-refractivity contribution < 1.29 is 4.79 Å². The molecule has 1 aliphatic rings. The lowest BCUT2D eigenvalue weighted by Crippen LogP contribution is -2.38. The molecular formula is C10H17N5O. The van der Waals surface area contributed by atoms with E-state index in [1.165, 1.54) is 12.8 Å². The third-order valence-corrected chi connectivity index (χ3v) is 2.93. The van der Waals surface area contributed by atoms with Gasteiger partial charge in [-0.25, -0.2) is 0 Å². The van der Waals surface area contributed by atoms with E-state index in [0.717, 1.165) is 24.6 Å². The summed E-state index contributed by atoms with van der Waals surface area (Å²) < 4.78 is 2.13. The number of carbonyl (C=O) groups is 1. The molecule has 2 rings (SSSR count). The Balaban J connectivity index is 1.99. The van der Waals surface area contributed by atoms with Gasteiger partial charge < -0.3 is 10.3 Å². The number of rotatable bonds is 4. The number of carbonyl (C=O) groups excluding carboxylic acids is 1. The largest absolute Gasteiger partial charge is 0.368 e. The van der Waals surface area contributed by atoms with Gasteiger partial charge in [-0.3, -0.25) is 10.1 Å². The lowest BCUT2D eigenvalue weighted by Gasteiger charge is -2.15. The normalized spacial score (nSPS) is 16.8. The Kier molecular flexibility index (Phi) is 3.19. The summed E-state index contributed by atoms with van der Waals surface area (Å²) in [5.74, 6) is 1.59. The second-order valence-corrected chi connectivity index (χ2v) is 4.15. The van der Waals surface area contributed by atoms with Crippen LogP contribution in [0.4, 0.5) is 0 Å². The minimum absolute atomic E-state index is 0.337. The van der Waals surface area contributed by atoms with Crippen molar-refractivity contribution in [2.24, 2.45) is 5.73 Å². The number of nitrogens with two attached hydrogens (primary N) is 1. The van der Waals surface area contributed by atoms with Gasteiger partial charge in [-0.15, -0.1) is 10.2 Å². The minimum Gasteiger partial charge on any atom is -0.368 e. The van der Waals surface area contributed by atoms with Crippen molar-refractivity contribution in [3.63, 3.8) is 0 Å². The highest BCUT2D eigenvalue weighted by Crippen LogP contribution is 2.13. The number of nitrogens with zero attached hydrogens (tertiary/aromatic N) is 3. The summed E-state index contributed by atoms with van der Waals surface area (Å²) in [6.07, 6.45) is 3.35. The third kappa shape index (κ3) is 2.21. The number of hydrogen-bond acceptors (Lipinski definition) is 4. The molecule has 0 aromatic carbocycles. The van der Waals surface area contributed by atoms with Crippen molar-refractivity contribution >= 4 is 5.91 Å². The van der Waals surface area contributed by atoms with Crippen molar-refractivity contribution in [1.82, 2.24) is 20.1 Å². The zero-order valence-corrected chi connectivity index (χ0v) is 9.44. The first-order chi connectivity index (χ1) is 7.68. The topological polar surface area (TPSA) is 85.8 Å². The number of primary amides is 1. The molecular weight excluding hydrogens is 206 g/mol. The molecule has 0 aliphatic carbocycles. The number of amides is 1. The quantitative estimate of drug-likeness (QED) is 0.725. The van der Waals surface area contributed by atoms with Gasteiger partial charge in [0.1, 0.15) is 11.6 Å². The van der Waals surface area contributed by atoms with Crippen molar-refractivity contribution in [1.29, 1.82) is 0 Å². The maximum Gasteiger partial charge on any atom is 0.234 e. The molecule has 0 saturated heterocycles. The van der Waals surface area contributed by atoms with Gasteiger partial charge in [0.25, 0.3) is 0 Å². The van der Waals surface area contributed by atoms with E-state index in [2.05, 4.69) is 20.1 Å². The molecule has 3 N–H and O–H groups in total. The SMILES string of the molecule is CC(NCc1nnc2n1CCCC2)C(N)=O. The number of fused-ring (bicyclic) bond motifs is 1. The molecule has 1 atom stereocenters. The van der Waals surface area contributed by atoms with Crippen LogP contribution >= 0.6 is 0 Å². The minimum atomic E-state index is -0.349. The Morgan fingerprint density at radius 3 is 3.12 bits per heavy atom. The molecule has 1 unspecified atom stereocenters. The van der Waals surface area contributed by atoms with Gasteiger partial charge in [-0.2, -0.15) is 0 Å². The van der Waals surface area contributed by atoms with Crippen LogP contribution in [-0.4, -0.2) is 26.7 Å². The molecule has 6 nitrogen and oxygen atoms in total. The zero-order chi connectivity index (χ0) is 11.5. The molecule has 0 bridgehead atoms. The maximum absolute atomic E-state index is 10.9. The summed E-state index contributed by atoms with van der Waals surface area (Å²) in [4.78, 5) is 10.9. The van der Waals surface area contributed by atoms with Gasteiger partial charge in [-0.05, 0) is 19.8 Å². The van der Waals surface area contributed by atoms with Crippen LogP contribution in [0.3, 0.4) is 0 Å². The van der Waals surface area contributed by atoms with Crippen LogP contribution in [-0.2, 0) is 24.3 Å². The van der Waals surface area contributed by atoms with Crippen LogP contribution in [0, 0.1) is 0 Å². The first-order valence-corrected chi connectivity index (χ1v) is 5.62. The molecule has 0 spiro atoms. The summed E-state index contributed by atoms with van der Waals surface area (Å²) in [5, 5.41) is 11.3. The van der Waals surface area contributed by atoms with Crippen molar-refractivity contribution in [2.75, 3.05) is 0 Å². The standard InChI is InChI=1S/C10H17N5O/c1-7(10(11)16)12-6-9-14-13-8-4-2-3-5-15(8)9/h7,12H,2-6H2,1H3,(H2,11,16). The molecule has 0 radical (unpaired) electrons. The first kappa shape index (κ1) is 11.1. The van der Waals surface area contributed by atoms with Crippen LogP contribution in [0.1, 0.15) is 31.4 Å². The third-order valence-electron chi connectivity index (χ3n) is 2.93. The summed E-state index contributed by atoms with van der Waals surface area (Å²) in [7, 11) is 0. The summed E-state index contributed by atoms with van der Waals surface area (Å²) in [6.45, 7) is 3.26.